The number of hydrogen-bond acceptors (Lipinski definition) is 6. The van der Waals surface area contributed by atoms with E-state index in [0.717, 1.165) is 17.3 Å². The Kier molecular flexibility index (Phi) is 7.75. The lowest BCUT2D eigenvalue weighted by Gasteiger charge is -2.14. The van der Waals surface area contributed by atoms with Gasteiger partial charge in [-0.3, -0.25) is 14.2 Å². The van der Waals surface area contributed by atoms with Crippen LogP contribution < -0.4 is 10.9 Å². The highest BCUT2D eigenvalue weighted by Gasteiger charge is 2.27. The molecule has 0 spiro atoms. The quantitative estimate of drug-likeness (QED) is 0.303. The highest BCUT2D eigenvalue weighted by molar-refractivity contribution is 7.99. The lowest BCUT2D eigenvalue weighted by molar-refractivity contribution is -0.136. The van der Waals surface area contributed by atoms with Crippen LogP contribution >= 0.6 is 11.8 Å². The molecule has 0 bridgehead atoms. The summed E-state index contributed by atoms with van der Waals surface area (Å²) in [7, 11) is 1.22. The number of halogens is 3. The van der Waals surface area contributed by atoms with Gasteiger partial charge in [-0.2, -0.15) is 13.2 Å². The molecular weight excluding hydrogens is 459 g/mol. The average molecular weight is 479 g/mol. The van der Waals surface area contributed by atoms with Gasteiger partial charge in [0.1, 0.15) is 6.54 Å². The molecule has 0 aliphatic heterocycles. The van der Waals surface area contributed by atoms with Crippen molar-refractivity contribution in [2.45, 2.75) is 24.3 Å². The minimum Gasteiger partial charge on any atom is -0.465 e. The number of hydrogen-bond donors (Lipinski definition) is 1. The van der Waals surface area contributed by atoms with Crippen LogP contribution in [0, 0.1) is 0 Å². The molecule has 0 aliphatic carbocycles. The van der Waals surface area contributed by atoms with Gasteiger partial charge in [0.05, 0.1) is 29.3 Å². The van der Waals surface area contributed by atoms with E-state index in [1.807, 2.05) is 30.3 Å². The number of alkyl halides is 3. The van der Waals surface area contributed by atoms with Gasteiger partial charge in [0.25, 0.3) is 5.56 Å². The Balaban J connectivity index is 1.92. The largest absolute Gasteiger partial charge is 0.465 e. The highest BCUT2D eigenvalue weighted by Crippen LogP contribution is 2.20. The van der Waals surface area contributed by atoms with Gasteiger partial charge in [-0.25, -0.2) is 9.78 Å². The predicted octanol–water partition coefficient (Wildman–Crippen LogP) is 3.20. The van der Waals surface area contributed by atoms with Crippen LogP contribution in [-0.2, 0) is 22.5 Å². The number of carbonyl (C=O) groups excluding carboxylic acids is 2. The number of carbonyl (C=O) groups is 2. The first-order chi connectivity index (χ1) is 15.7. The van der Waals surface area contributed by atoms with E-state index < -0.39 is 24.6 Å². The Morgan fingerprint density at radius 2 is 1.88 bits per heavy atom. The summed E-state index contributed by atoms with van der Waals surface area (Å²) in [6.45, 7) is -1.20. The van der Waals surface area contributed by atoms with Crippen LogP contribution in [0.25, 0.3) is 10.9 Å². The topological polar surface area (TPSA) is 90.3 Å². The number of esters is 1. The minimum absolute atomic E-state index is 0.160. The summed E-state index contributed by atoms with van der Waals surface area (Å²) in [5, 5.41) is 2.22. The number of methoxy groups -OCH3 is 1. The maximum absolute atomic E-state index is 13.2. The van der Waals surface area contributed by atoms with Crippen LogP contribution in [0.5, 0.6) is 0 Å². The summed E-state index contributed by atoms with van der Waals surface area (Å²) < 4.78 is 43.1. The molecule has 1 heterocycles. The van der Waals surface area contributed by atoms with Crippen LogP contribution in [0.2, 0.25) is 0 Å². The van der Waals surface area contributed by atoms with E-state index in [4.69, 9.17) is 4.74 Å². The number of benzene rings is 2. The van der Waals surface area contributed by atoms with Gasteiger partial charge >= 0.3 is 12.1 Å². The molecule has 0 atom stereocenters. The monoisotopic (exact) mass is 479 g/mol. The van der Waals surface area contributed by atoms with Crippen molar-refractivity contribution in [3.05, 3.63) is 70.0 Å². The molecule has 1 amide bonds. The second kappa shape index (κ2) is 10.5. The van der Waals surface area contributed by atoms with Gasteiger partial charge in [-0.1, -0.05) is 42.1 Å². The Bertz CT molecular complexity index is 1210. The second-order valence-electron chi connectivity index (χ2n) is 6.99. The van der Waals surface area contributed by atoms with E-state index in [0.29, 0.717) is 6.42 Å². The van der Waals surface area contributed by atoms with Gasteiger partial charge in [0.15, 0.2) is 5.16 Å². The molecule has 2 aromatic carbocycles. The summed E-state index contributed by atoms with van der Waals surface area (Å²) >= 11 is 0.846. The maximum atomic E-state index is 13.2. The molecule has 0 saturated heterocycles. The van der Waals surface area contributed by atoms with Gasteiger partial charge < -0.3 is 10.1 Å². The van der Waals surface area contributed by atoms with Crippen molar-refractivity contribution in [1.82, 2.24) is 14.9 Å². The fourth-order valence-electron chi connectivity index (χ4n) is 3.02. The molecule has 0 saturated carbocycles. The zero-order valence-electron chi connectivity index (χ0n) is 17.5. The molecule has 11 heteroatoms. The molecule has 0 unspecified atom stereocenters. The Labute approximate surface area is 191 Å². The van der Waals surface area contributed by atoms with E-state index in [9.17, 15) is 27.6 Å². The molecule has 3 rings (SSSR count). The van der Waals surface area contributed by atoms with Crippen LogP contribution in [0.4, 0.5) is 13.2 Å². The first-order valence-corrected chi connectivity index (χ1v) is 10.8. The number of amides is 1. The lowest BCUT2D eigenvalue weighted by atomic mass is 10.1. The van der Waals surface area contributed by atoms with Crippen molar-refractivity contribution >= 4 is 34.5 Å². The van der Waals surface area contributed by atoms with E-state index in [1.54, 1.807) is 5.32 Å². The second-order valence-corrected chi connectivity index (χ2v) is 7.93. The molecular formula is C22H20F3N3O4S. The van der Waals surface area contributed by atoms with E-state index in [2.05, 4.69) is 4.98 Å². The number of rotatable bonds is 8. The average Bonchev–Trinajstić information content (AvgIpc) is 2.80. The van der Waals surface area contributed by atoms with Gasteiger partial charge in [-0.15, -0.1) is 0 Å². The number of thioether (sulfide) groups is 1. The zero-order chi connectivity index (χ0) is 24.0. The fraction of sp³-hybridized carbons (Fsp3) is 0.273. The lowest BCUT2D eigenvalue weighted by Crippen LogP contribution is -2.35. The normalized spacial score (nSPS) is 11.4. The number of aryl methyl sites for hydroxylation is 1. The number of fused-ring (bicyclic) bond motifs is 1. The highest BCUT2D eigenvalue weighted by atomic mass is 32.2. The Morgan fingerprint density at radius 1 is 1.15 bits per heavy atom. The number of aromatic nitrogens is 2. The fourth-order valence-corrected chi connectivity index (χ4v) is 3.87. The molecule has 174 valence electrons. The summed E-state index contributed by atoms with van der Waals surface area (Å²) in [6, 6.07) is 13.7. The summed E-state index contributed by atoms with van der Waals surface area (Å²) in [5.74, 6) is -1.81. The number of nitrogens with zero attached hydrogens (tertiary/aromatic N) is 2. The van der Waals surface area contributed by atoms with Crippen LogP contribution in [0.1, 0.15) is 15.9 Å². The zero-order valence-corrected chi connectivity index (χ0v) is 18.3. The van der Waals surface area contributed by atoms with E-state index >= 15 is 0 Å². The SMILES string of the molecule is COC(=O)c1ccc2c(=O)n(CCc3ccccc3)c(SCC(=O)NCC(F)(F)F)nc2c1. The molecule has 0 aliphatic rings. The Morgan fingerprint density at radius 3 is 2.55 bits per heavy atom. The van der Waals surface area contributed by atoms with Crippen molar-refractivity contribution < 1.29 is 27.5 Å². The van der Waals surface area contributed by atoms with Crippen molar-refractivity contribution in [1.29, 1.82) is 0 Å². The summed E-state index contributed by atoms with van der Waals surface area (Å²) in [5.41, 5.74) is 1.00. The Hall–Kier alpha value is -3.34. The third-order valence-corrected chi connectivity index (χ3v) is 5.60. The first-order valence-electron chi connectivity index (χ1n) is 9.81. The molecule has 0 fully saturated rings. The smallest absolute Gasteiger partial charge is 0.405 e. The first kappa shape index (κ1) is 24.3. The van der Waals surface area contributed by atoms with Gasteiger partial charge in [0, 0.05) is 6.54 Å². The van der Waals surface area contributed by atoms with Crippen LogP contribution in [-0.4, -0.2) is 47.0 Å². The van der Waals surface area contributed by atoms with E-state index in [-0.39, 0.29) is 39.5 Å². The molecule has 7 nitrogen and oxygen atoms in total. The summed E-state index contributed by atoms with van der Waals surface area (Å²) in [6.07, 6.45) is -4.02. The van der Waals surface area contributed by atoms with Gasteiger partial charge in [-0.05, 0) is 30.2 Å². The van der Waals surface area contributed by atoms with Crippen molar-refractivity contribution in [3.63, 3.8) is 0 Å². The van der Waals surface area contributed by atoms with Crippen LogP contribution in [0.15, 0.2) is 58.5 Å². The molecule has 0 radical (unpaired) electrons. The summed E-state index contributed by atoms with van der Waals surface area (Å²) in [4.78, 5) is 41.3. The third-order valence-electron chi connectivity index (χ3n) is 4.63. The minimum atomic E-state index is -4.52. The van der Waals surface area contributed by atoms with Crippen molar-refractivity contribution in [2.75, 3.05) is 19.4 Å². The standard InChI is InChI=1S/C22H20F3N3O4S/c1-32-20(31)15-7-8-16-17(11-15)27-21(33-12-18(29)26-13-22(23,24)25)28(19(16)30)10-9-14-5-3-2-4-6-14/h2-8,11H,9-10,12-13H2,1H3,(H,26,29). The molecule has 3 aromatic rings. The van der Waals surface area contributed by atoms with Gasteiger partial charge in [0.2, 0.25) is 5.91 Å². The van der Waals surface area contributed by atoms with E-state index in [1.165, 1.54) is 29.9 Å². The molecule has 1 aromatic heterocycles. The number of ether oxygens (including phenoxy) is 1. The number of nitrogens with one attached hydrogen (secondary N) is 1. The van der Waals surface area contributed by atoms with Crippen LogP contribution in [0.3, 0.4) is 0 Å². The molecule has 33 heavy (non-hydrogen) atoms. The maximum Gasteiger partial charge on any atom is 0.405 e. The predicted molar refractivity (Wildman–Crippen MR) is 117 cm³/mol. The van der Waals surface area contributed by atoms with Crippen molar-refractivity contribution in [3.8, 4) is 0 Å². The molecule has 1 N–H and O–H groups in total. The third kappa shape index (κ3) is 6.58. The van der Waals surface area contributed by atoms with Crippen molar-refractivity contribution in [2.24, 2.45) is 0 Å².